The van der Waals surface area contributed by atoms with E-state index in [0.717, 1.165) is 6.26 Å². The Balaban J connectivity index is 2.48. The molecule has 84 valence electrons. The first-order valence-corrected chi connectivity index (χ1v) is 5.74. The van der Waals surface area contributed by atoms with Crippen LogP contribution >= 0.6 is 0 Å². The molecule has 0 radical (unpaired) electrons. The summed E-state index contributed by atoms with van der Waals surface area (Å²) < 4.78 is 26.9. The van der Waals surface area contributed by atoms with Gasteiger partial charge in [0.15, 0.2) is 5.69 Å². The van der Waals surface area contributed by atoms with Gasteiger partial charge in [-0.3, -0.25) is 8.98 Å². The summed E-state index contributed by atoms with van der Waals surface area (Å²) in [6, 6.07) is 0. The zero-order chi connectivity index (χ0) is 11.5. The van der Waals surface area contributed by atoms with Crippen LogP contribution in [0.25, 0.3) is 0 Å². The van der Waals surface area contributed by atoms with E-state index in [-0.39, 0.29) is 18.8 Å². The van der Waals surface area contributed by atoms with E-state index in [2.05, 4.69) is 14.5 Å². The first kappa shape index (κ1) is 11.6. The predicted octanol–water partition coefficient (Wildman–Crippen LogP) is -1.65. The Kier molecular flexibility index (Phi) is 3.37. The van der Waals surface area contributed by atoms with Crippen molar-refractivity contribution in [1.29, 1.82) is 0 Å². The SMILES string of the molecule is CS(=O)(=O)OCCn1cc(C(N)=O)nn1. The van der Waals surface area contributed by atoms with Crippen LogP contribution in [0.15, 0.2) is 6.20 Å². The van der Waals surface area contributed by atoms with E-state index in [1.807, 2.05) is 0 Å². The fourth-order valence-corrected chi connectivity index (χ4v) is 1.18. The van der Waals surface area contributed by atoms with E-state index < -0.39 is 16.0 Å². The normalized spacial score (nSPS) is 11.5. The fourth-order valence-electron chi connectivity index (χ4n) is 0.803. The molecule has 1 heterocycles. The van der Waals surface area contributed by atoms with Crippen LogP contribution in [0.4, 0.5) is 0 Å². The van der Waals surface area contributed by atoms with Crippen molar-refractivity contribution in [3.63, 3.8) is 0 Å². The molecule has 0 atom stereocenters. The third-order valence-electron chi connectivity index (χ3n) is 1.41. The standard InChI is InChI=1S/C6H10N4O4S/c1-15(12,13)14-3-2-10-4-5(6(7)11)8-9-10/h4H,2-3H2,1H3,(H2,7,11). The Hall–Kier alpha value is -1.48. The second kappa shape index (κ2) is 4.36. The summed E-state index contributed by atoms with van der Waals surface area (Å²) in [7, 11) is -3.46. The van der Waals surface area contributed by atoms with Gasteiger partial charge in [0.2, 0.25) is 0 Å². The van der Waals surface area contributed by atoms with E-state index in [4.69, 9.17) is 5.73 Å². The minimum absolute atomic E-state index is 0.0226. The summed E-state index contributed by atoms with van der Waals surface area (Å²) in [6.45, 7) is 0.105. The molecule has 9 heteroatoms. The Morgan fingerprint density at radius 1 is 1.67 bits per heavy atom. The van der Waals surface area contributed by atoms with Crippen LogP contribution < -0.4 is 5.73 Å². The monoisotopic (exact) mass is 234 g/mol. The molecule has 0 spiro atoms. The molecule has 1 aromatic heterocycles. The molecule has 8 nitrogen and oxygen atoms in total. The minimum atomic E-state index is -3.46. The molecule has 0 saturated heterocycles. The highest BCUT2D eigenvalue weighted by atomic mass is 32.2. The summed E-state index contributed by atoms with van der Waals surface area (Å²) in [5.74, 6) is -0.690. The van der Waals surface area contributed by atoms with Crippen LogP contribution in [0.2, 0.25) is 0 Å². The fraction of sp³-hybridized carbons (Fsp3) is 0.500. The lowest BCUT2D eigenvalue weighted by Gasteiger charge is -1.99. The van der Waals surface area contributed by atoms with E-state index in [1.165, 1.54) is 10.9 Å². The van der Waals surface area contributed by atoms with Gasteiger partial charge in [0.25, 0.3) is 16.0 Å². The van der Waals surface area contributed by atoms with Crippen molar-refractivity contribution in [3.8, 4) is 0 Å². The molecular weight excluding hydrogens is 224 g/mol. The molecule has 0 aliphatic rings. The van der Waals surface area contributed by atoms with Crippen LogP contribution in [-0.2, 0) is 20.8 Å². The van der Waals surface area contributed by atoms with Gasteiger partial charge < -0.3 is 5.73 Å². The molecule has 15 heavy (non-hydrogen) atoms. The number of primary amides is 1. The van der Waals surface area contributed by atoms with Crippen molar-refractivity contribution in [2.75, 3.05) is 12.9 Å². The van der Waals surface area contributed by atoms with Crippen molar-refractivity contribution in [1.82, 2.24) is 15.0 Å². The molecule has 1 amide bonds. The molecule has 0 bridgehead atoms. The van der Waals surface area contributed by atoms with Crippen LogP contribution in [-0.4, -0.2) is 42.2 Å². The Labute approximate surface area is 86.1 Å². The number of aromatic nitrogens is 3. The van der Waals surface area contributed by atoms with Gasteiger partial charge in [0, 0.05) is 0 Å². The second-order valence-electron chi connectivity index (χ2n) is 2.76. The summed E-state index contributed by atoms with van der Waals surface area (Å²) in [4.78, 5) is 10.6. The maximum atomic E-state index is 10.6. The Bertz CT molecular complexity index is 451. The topological polar surface area (TPSA) is 117 Å². The van der Waals surface area contributed by atoms with Crippen molar-refractivity contribution in [2.24, 2.45) is 5.73 Å². The van der Waals surface area contributed by atoms with Crippen LogP contribution in [0.5, 0.6) is 0 Å². The molecule has 0 saturated carbocycles. The van der Waals surface area contributed by atoms with Crippen molar-refractivity contribution < 1.29 is 17.4 Å². The van der Waals surface area contributed by atoms with Gasteiger partial charge in [0.05, 0.1) is 25.6 Å². The largest absolute Gasteiger partial charge is 0.364 e. The van der Waals surface area contributed by atoms with E-state index >= 15 is 0 Å². The van der Waals surface area contributed by atoms with E-state index in [1.54, 1.807) is 0 Å². The molecule has 0 aliphatic heterocycles. The van der Waals surface area contributed by atoms with Crippen LogP contribution in [0.3, 0.4) is 0 Å². The maximum absolute atomic E-state index is 10.6. The molecule has 2 N–H and O–H groups in total. The molecule has 0 fully saturated rings. The molecule has 0 unspecified atom stereocenters. The van der Waals surface area contributed by atoms with Gasteiger partial charge in [-0.25, -0.2) is 4.68 Å². The Morgan fingerprint density at radius 3 is 2.80 bits per heavy atom. The van der Waals surface area contributed by atoms with E-state index in [9.17, 15) is 13.2 Å². The number of nitrogens with two attached hydrogens (primary N) is 1. The highest BCUT2D eigenvalue weighted by Crippen LogP contribution is 1.93. The van der Waals surface area contributed by atoms with Crippen molar-refractivity contribution in [2.45, 2.75) is 6.54 Å². The summed E-state index contributed by atoms with van der Waals surface area (Å²) >= 11 is 0. The van der Waals surface area contributed by atoms with Crippen LogP contribution in [0.1, 0.15) is 10.5 Å². The molecule has 0 aromatic carbocycles. The molecule has 1 rings (SSSR count). The lowest BCUT2D eigenvalue weighted by Crippen LogP contribution is -2.12. The average Bonchev–Trinajstić information content (AvgIpc) is 2.50. The van der Waals surface area contributed by atoms with Crippen molar-refractivity contribution in [3.05, 3.63) is 11.9 Å². The van der Waals surface area contributed by atoms with E-state index in [0.29, 0.717) is 0 Å². The predicted molar refractivity (Wildman–Crippen MR) is 49.3 cm³/mol. The maximum Gasteiger partial charge on any atom is 0.270 e. The molecular formula is C6H10N4O4S. The van der Waals surface area contributed by atoms with Gasteiger partial charge in [-0.1, -0.05) is 5.21 Å². The first-order chi connectivity index (χ1) is 6.88. The highest BCUT2D eigenvalue weighted by Gasteiger charge is 2.06. The lowest BCUT2D eigenvalue weighted by molar-refractivity contribution is 0.0995. The first-order valence-electron chi connectivity index (χ1n) is 3.93. The average molecular weight is 234 g/mol. The summed E-state index contributed by atoms with van der Waals surface area (Å²) in [5.41, 5.74) is 4.97. The number of hydrogen-bond donors (Lipinski definition) is 1. The number of amides is 1. The number of carbonyl (C=O) groups is 1. The molecule has 0 aliphatic carbocycles. The number of carbonyl (C=O) groups excluding carboxylic acids is 1. The number of nitrogens with zero attached hydrogens (tertiary/aromatic N) is 3. The van der Waals surface area contributed by atoms with Gasteiger partial charge in [-0.15, -0.1) is 5.10 Å². The zero-order valence-corrected chi connectivity index (χ0v) is 8.77. The smallest absolute Gasteiger partial charge is 0.270 e. The molecule has 1 aromatic rings. The van der Waals surface area contributed by atoms with Gasteiger partial charge in [-0.2, -0.15) is 8.42 Å². The quantitative estimate of drug-likeness (QED) is 0.610. The third-order valence-corrected chi connectivity index (χ3v) is 2.00. The minimum Gasteiger partial charge on any atom is -0.364 e. The van der Waals surface area contributed by atoms with Gasteiger partial charge >= 0.3 is 0 Å². The third kappa shape index (κ3) is 4.04. The highest BCUT2D eigenvalue weighted by molar-refractivity contribution is 7.85. The summed E-state index contributed by atoms with van der Waals surface area (Å²) in [6.07, 6.45) is 2.26. The number of rotatable bonds is 5. The van der Waals surface area contributed by atoms with Crippen molar-refractivity contribution >= 4 is 16.0 Å². The number of hydrogen-bond acceptors (Lipinski definition) is 6. The van der Waals surface area contributed by atoms with Gasteiger partial charge in [0.1, 0.15) is 0 Å². The second-order valence-corrected chi connectivity index (χ2v) is 4.40. The van der Waals surface area contributed by atoms with Crippen LogP contribution in [0, 0.1) is 0 Å². The lowest BCUT2D eigenvalue weighted by atomic mass is 10.5. The van der Waals surface area contributed by atoms with Gasteiger partial charge in [-0.05, 0) is 0 Å². The zero-order valence-electron chi connectivity index (χ0n) is 7.95. The summed E-state index contributed by atoms with van der Waals surface area (Å²) in [5, 5.41) is 7.01. The Morgan fingerprint density at radius 2 is 2.33 bits per heavy atom.